The zero-order valence-electron chi connectivity index (χ0n) is 13.6. The third-order valence-corrected chi connectivity index (χ3v) is 3.65. The van der Waals surface area contributed by atoms with E-state index in [1.54, 1.807) is 7.11 Å². The van der Waals surface area contributed by atoms with Crippen LogP contribution in [0.4, 0.5) is 5.69 Å². The average molecular weight is 323 g/mol. The zero-order chi connectivity index (χ0) is 16.8. The topological polar surface area (TPSA) is 88.3 Å². The number of hydrogen-bond acceptors (Lipinski definition) is 3. The highest BCUT2D eigenvalue weighted by atomic mass is 16.5. The summed E-state index contributed by atoms with van der Waals surface area (Å²) in [6.07, 6.45) is 0.705. The van der Waals surface area contributed by atoms with Crippen molar-refractivity contribution < 1.29 is 4.74 Å². The quantitative estimate of drug-likeness (QED) is 0.481. The van der Waals surface area contributed by atoms with Crippen LogP contribution in [0.25, 0.3) is 11.0 Å². The molecule has 0 saturated heterocycles. The maximum atomic E-state index is 5.98. The van der Waals surface area contributed by atoms with Crippen LogP contribution in [0.2, 0.25) is 0 Å². The highest BCUT2D eigenvalue weighted by Gasteiger charge is 2.03. The highest BCUT2D eigenvalue weighted by Crippen LogP contribution is 2.15. The first kappa shape index (κ1) is 16.0. The van der Waals surface area contributed by atoms with Gasteiger partial charge in [-0.05, 0) is 18.2 Å². The number of para-hydroxylation sites is 3. The normalized spacial score (nSPS) is 11.8. The molecule has 0 bridgehead atoms. The number of rotatable bonds is 6. The van der Waals surface area contributed by atoms with Crippen LogP contribution in [-0.2, 0) is 17.8 Å². The second-order valence-electron chi connectivity index (χ2n) is 5.43. The van der Waals surface area contributed by atoms with E-state index in [2.05, 4.69) is 20.3 Å². The molecular formula is C18H21N5O. The lowest BCUT2D eigenvalue weighted by Crippen LogP contribution is -2.23. The van der Waals surface area contributed by atoms with Crippen molar-refractivity contribution >= 4 is 22.7 Å². The number of nitrogens with one attached hydrogen (secondary N) is 2. The highest BCUT2D eigenvalue weighted by molar-refractivity contribution is 5.93. The molecule has 4 N–H and O–H groups in total. The first-order chi connectivity index (χ1) is 11.8. The number of fused-ring (bicyclic) bond motifs is 1. The minimum absolute atomic E-state index is 0.384. The number of aromatic amines is 1. The molecule has 0 aliphatic rings. The summed E-state index contributed by atoms with van der Waals surface area (Å²) in [6.45, 7) is 1.08. The van der Waals surface area contributed by atoms with E-state index in [9.17, 15) is 0 Å². The number of anilines is 1. The Morgan fingerprint density at radius 2 is 2.00 bits per heavy atom. The summed E-state index contributed by atoms with van der Waals surface area (Å²) in [5, 5.41) is 3.13. The molecule has 0 aliphatic heterocycles. The van der Waals surface area contributed by atoms with Crippen LogP contribution < -0.4 is 11.1 Å². The third-order valence-electron chi connectivity index (χ3n) is 3.65. The van der Waals surface area contributed by atoms with Crippen LogP contribution >= 0.6 is 0 Å². The molecule has 0 aliphatic carbocycles. The van der Waals surface area contributed by atoms with Crippen molar-refractivity contribution in [1.29, 1.82) is 0 Å². The third kappa shape index (κ3) is 3.91. The first-order valence-electron chi connectivity index (χ1n) is 7.83. The lowest BCUT2D eigenvalue weighted by Gasteiger charge is -2.10. The summed E-state index contributed by atoms with van der Waals surface area (Å²) >= 11 is 0. The van der Waals surface area contributed by atoms with Crippen LogP contribution in [-0.4, -0.2) is 29.6 Å². The van der Waals surface area contributed by atoms with Gasteiger partial charge in [-0.2, -0.15) is 0 Å². The van der Waals surface area contributed by atoms with E-state index in [1.165, 1.54) is 0 Å². The van der Waals surface area contributed by atoms with Crippen LogP contribution in [0.15, 0.2) is 53.5 Å². The molecule has 24 heavy (non-hydrogen) atoms. The Morgan fingerprint density at radius 3 is 2.83 bits per heavy atom. The molecule has 0 saturated carbocycles. The maximum Gasteiger partial charge on any atom is 0.193 e. The van der Waals surface area contributed by atoms with E-state index in [0.29, 0.717) is 25.5 Å². The van der Waals surface area contributed by atoms with Gasteiger partial charge in [0.15, 0.2) is 5.96 Å². The minimum Gasteiger partial charge on any atom is -0.380 e. The number of imidazole rings is 1. The first-order valence-corrected chi connectivity index (χ1v) is 7.83. The molecule has 124 valence electrons. The van der Waals surface area contributed by atoms with E-state index in [4.69, 9.17) is 10.5 Å². The maximum absolute atomic E-state index is 5.98. The predicted octanol–water partition coefficient (Wildman–Crippen LogP) is 2.68. The number of aromatic nitrogens is 2. The van der Waals surface area contributed by atoms with Gasteiger partial charge < -0.3 is 20.8 Å². The van der Waals surface area contributed by atoms with Crippen molar-refractivity contribution in [2.45, 2.75) is 13.0 Å². The summed E-state index contributed by atoms with van der Waals surface area (Å²) in [5.41, 5.74) is 9.93. The Morgan fingerprint density at radius 1 is 1.21 bits per heavy atom. The largest absolute Gasteiger partial charge is 0.380 e. The van der Waals surface area contributed by atoms with Crippen LogP contribution in [0.3, 0.4) is 0 Å². The summed E-state index contributed by atoms with van der Waals surface area (Å²) < 4.78 is 5.18. The van der Waals surface area contributed by atoms with Crippen molar-refractivity contribution in [2.75, 3.05) is 19.0 Å². The molecule has 0 atom stereocenters. The molecule has 6 nitrogen and oxygen atoms in total. The van der Waals surface area contributed by atoms with Gasteiger partial charge in [0, 0.05) is 31.3 Å². The number of hydrogen-bond donors (Lipinski definition) is 3. The van der Waals surface area contributed by atoms with Gasteiger partial charge in [-0.3, -0.25) is 4.99 Å². The molecule has 0 spiro atoms. The lowest BCUT2D eigenvalue weighted by atomic mass is 10.2. The molecule has 0 fully saturated rings. The fourth-order valence-electron chi connectivity index (χ4n) is 2.51. The van der Waals surface area contributed by atoms with Crippen molar-refractivity contribution in [3.63, 3.8) is 0 Å². The molecule has 3 rings (SSSR count). The standard InChI is InChI=1S/C18H21N5O/c1-24-12-13-6-2-3-7-14(13)23-18(19)20-11-10-17-21-15-8-4-5-9-16(15)22-17/h2-9H,10-12H2,1H3,(H,21,22)(H3,19,20,23). The van der Waals surface area contributed by atoms with Gasteiger partial charge in [0.2, 0.25) is 0 Å². The summed E-state index contributed by atoms with van der Waals surface area (Å²) in [5.74, 6) is 1.29. The van der Waals surface area contributed by atoms with E-state index in [1.807, 2.05) is 48.5 Å². The molecule has 2 aromatic carbocycles. The second kappa shape index (κ2) is 7.61. The number of H-pyrrole nitrogens is 1. The summed E-state index contributed by atoms with van der Waals surface area (Å²) in [7, 11) is 1.67. The molecule has 1 aromatic heterocycles. The van der Waals surface area contributed by atoms with Crippen LogP contribution in [0.5, 0.6) is 0 Å². The Hall–Kier alpha value is -2.86. The summed E-state index contributed by atoms with van der Waals surface area (Å²) in [4.78, 5) is 12.2. The smallest absolute Gasteiger partial charge is 0.193 e. The van der Waals surface area contributed by atoms with Crippen molar-refractivity contribution in [1.82, 2.24) is 9.97 Å². The monoisotopic (exact) mass is 323 g/mol. The average Bonchev–Trinajstić information content (AvgIpc) is 2.99. The number of guanidine groups is 1. The Bertz CT molecular complexity index is 807. The molecule has 1 heterocycles. The number of methoxy groups -OCH3 is 1. The minimum atomic E-state index is 0.384. The van der Waals surface area contributed by atoms with Gasteiger partial charge in [-0.25, -0.2) is 4.98 Å². The predicted molar refractivity (Wildman–Crippen MR) is 97.1 cm³/mol. The van der Waals surface area contributed by atoms with Crippen LogP contribution in [0, 0.1) is 0 Å². The Balaban J connectivity index is 1.60. The fourth-order valence-corrected chi connectivity index (χ4v) is 2.51. The number of nitrogens with zero attached hydrogens (tertiary/aromatic N) is 2. The van der Waals surface area contributed by atoms with Gasteiger partial charge >= 0.3 is 0 Å². The van der Waals surface area contributed by atoms with Crippen LogP contribution in [0.1, 0.15) is 11.4 Å². The van der Waals surface area contributed by atoms with E-state index < -0.39 is 0 Å². The van der Waals surface area contributed by atoms with E-state index in [-0.39, 0.29) is 0 Å². The molecule has 3 aromatic rings. The Labute approximate surface area is 140 Å². The molecule has 0 unspecified atom stereocenters. The van der Waals surface area contributed by atoms with Crippen molar-refractivity contribution in [3.8, 4) is 0 Å². The lowest BCUT2D eigenvalue weighted by molar-refractivity contribution is 0.185. The molecular weight excluding hydrogens is 302 g/mol. The van der Waals surface area contributed by atoms with Crippen molar-refractivity contribution in [3.05, 3.63) is 59.9 Å². The molecule has 6 heteroatoms. The number of nitrogens with two attached hydrogens (primary N) is 1. The van der Waals surface area contributed by atoms with E-state index in [0.717, 1.165) is 28.1 Å². The second-order valence-corrected chi connectivity index (χ2v) is 5.43. The van der Waals surface area contributed by atoms with E-state index >= 15 is 0 Å². The number of benzene rings is 2. The molecule has 0 amide bonds. The Kier molecular flexibility index (Phi) is 5.08. The summed E-state index contributed by atoms with van der Waals surface area (Å²) in [6, 6.07) is 15.8. The van der Waals surface area contributed by atoms with Gasteiger partial charge in [-0.1, -0.05) is 30.3 Å². The van der Waals surface area contributed by atoms with Gasteiger partial charge in [-0.15, -0.1) is 0 Å². The fraction of sp³-hybridized carbons (Fsp3) is 0.222. The van der Waals surface area contributed by atoms with Gasteiger partial charge in [0.1, 0.15) is 5.82 Å². The molecule has 0 radical (unpaired) electrons. The SMILES string of the molecule is COCc1ccccc1NC(N)=NCCc1nc2ccccc2[nH]1. The van der Waals surface area contributed by atoms with Gasteiger partial charge in [0.05, 0.1) is 17.6 Å². The van der Waals surface area contributed by atoms with Gasteiger partial charge in [0.25, 0.3) is 0 Å². The van der Waals surface area contributed by atoms with Crippen molar-refractivity contribution in [2.24, 2.45) is 10.7 Å². The zero-order valence-corrected chi connectivity index (χ0v) is 13.6. The number of aliphatic imine (C=N–C) groups is 1. The number of ether oxygens (including phenoxy) is 1.